The monoisotopic (exact) mass is 388 g/mol. The second-order valence-corrected chi connectivity index (χ2v) is 5.71. The summed E-state index contributed by atoms with van der Waals surface area (Å²) in [6.07, 6.45) is 2.14. The van der Waals surface area contributed by atoms with Gasteiger partial charge in [0.2, 0.25) is 0 Å². The Labute approximate surface area is 161 Å². The number of nitrogens with zero attached hydrogens (tertiary/aromatic N) is 3. The molecule has 2 heterocycles. The van der Waals surface area contributed by atoms with Gasteiger partial charge >= 0.3 is 0 Å². The van der Waals surface area contributed by atoms with Crippen LogP contribution in [-0.2, 0) is 6.54 Å². The van der Waals surface area contributed by atoms with E-state index in [0.29, 0.717) is 0 Å². The number of aryl methyl sites for hydroxylation is 1. The summed E-state index contributed by atoms with van der Waals surface area (Å²) in [5, 5.41) is 0. The van der Waals surface area contributed by atoms with Crippen LogP contribution in [0.1, 0.15) is 11.3 Å². The lowest BCUT2D eigenvalue weighted by Crippen LogP contribution is -2.13. The van der Waals surface area contributed by atoms with E-state index in [9.17, 15) is 0 Å². The van der Waals surface area contributed by atoms with E-state index in [4.69, 9.17) is 10.7 Å². The zero-order valence-corrected chi connectivity index (χ0v) is 16.3. The van der Waals surface area contributed by atoms with Crippen LogP contribution in [0.3, 0.4) is 0 Å². The Hall–Kier alpha value is -1.46. The topological polar surface area (TPSA) is 46.6 Å². The van der Waals surface area contributed by atoms with Crippen molar-refractivity contribution in [1.29, 1.82) is 0 Å². The number of nitrogen functional groups attached to an aromatic ring is 1. The molecule has 0 atom stereocenters. The van der Waals surface area contributed by atoms with E-state index in [-0.39, 0.29) is 37.2 Å². The van der Waals surface area contributed by atoms with E-state index < -0.39 is 0 Å². The van der Waals surface area contributed by atoms with Crippen molar-refractivity contribution in [2.75, 3.05) is 19.8 Å². The molecule has 0 aliphatic carbocycles. The maximum absolute atomic E-state index is 5.92. The Kier molecular flexibility index (Phi) is 8.58. The Bertz CT molecular complexity index is 800. The van der Waals surface area contributed by atoms with Gasteiger partial charge in [-0.05, 0) is 44.8 Å². The highest BCUT2D eigenvalue weighted by Gasteiger charge is 2.14. The largest absolute Gasteiger partial charge is 0.399 e. The second kappa shape index (κ2) is 9.14. The predicted molar refractivity (Wildman–Crippen MR) is 109 cm³/mol. The summed E-state index contributed by atoms with van der Waals surface area (Å²) in [7, 11) is 4.14. The molecule has 0 aliphatic rings. The number of hydrogen-bond acceptors (Lipinski definition) is 3. The van der Waals surface area contributed by atoms with Crippen LogP contribution >= 0.6 is 37.2 Å². The van der Waals surface area contributed by atoms with E-state index in [0.717, 1.165) is 29.1 Å². The predicted octanol–water partition coefficient (Wildman–Crippen LogP) is 4.22. The Morgan fingerprint density at radius 1 is 1.08 bits per heavy atom. The number of pyridine rings is 1. The molecule has 0 aliphatic heterocycles. The Balaban J connectivity index is 0.00000176. The fourth-order valence-corrected chi connectivity index (χ4v) is 2.57. The first-order valence-corrected chi connectivity index (χ1v) is 7.03. The van der Waals surface area contributed by atoms with Crippen molar-refractivity contribution in [3.05, 3.63) is 53.9 Å². The van der Waals surface area contributed by atoms with Crippen molar-refractivity contribution in [3.8, 4) is 11.3 Å². The molecule has 0 radical (unpaired) electrons. The maximum atomic E-state index is 5.92. The summed E-state index contributed by atoms with van der Waals surface area (Å²) in [5.74, 6) is 0. The quantitative estimate of drug-likeness (QED) is 0.682. The maximum Gasteiger partial charge on any atom is 0.137 e. The molecule has 0 saturated carbocycles. The highest BCUT2D eigenvalue weighted by molar-refractivity contribution is 5.86. The SMILES string of the molecule is Cc1ccc2nc(-c3cccc(N)c3)c(CN(C)C)n2c1.Cl.Cl.Cl. The lowest BCUT2D eigenvalue weighted by Gasteiger charge is -2.12. The van der Waals surface area contributed by atoms with Crippen LogP contribution in [0.25, 0.3) is 16.9 Å². The lowest BCUT2D eigenvalue weighted by atomic mass is 10.1. The van der Waals surface area contributed by atoms with Gasteiger partial charge in [-0.1, -0.05) is 18.2 Å². The van der Waals surface area contributed by atoms with Crippen LogP contribution in [-0.4, -0.2) is 28.4 Å². The summed E-state index contributed by atoms with van der Waals surface area (Å²) in [6, 6.07) is 12.1. The molecule has 4 nitrogen and oxygen atoms in total. The van der Waals surface area contributed by atoms with Gasteiger partial charge in [0.05, 0.1) is 11.4 Å². The third-order valence-electron chi connectivity index (χ3n) is 3.49. The molecule has 1 aromatic carbocycles. The fraction of sp³-hybridized carbons (Fsp3) is 0.235. The Morgan fingerprint density at radius 3 is 2.42 bits per heavy atom. The minimum atomic E-state index is 0. The number of hydrogen-bond donors (Lipinski definition) is 1. The highest BCUT2D eigenvalue weighted by Crippen LogP contribution is 2.27. The molecule has 24 heavy (non-hydrogen) atoms. The first kappa shape index (κ1) is 22.5. The lowest BCUT2D eigenvalue weighted by molar-refractivity contribution is 0.396. The average Bonchev–Trinajstić information content (AvgIpc) is 2.76. The molecule has 132 valence electrons. The molecule has 7 heteroatoms. The second-order valence-electron chi connectivity index (χ2n) is 5.71. The van der Waals surface area contributed by atoms with Gasteiger partial charge in [-0.25, -0.2) is 4.98 Å². The van der Waals surface area contributed by atoms with Gasteiger partial charge in [-0.15, -0.1) is 37.2 Å². The third-order valence-corrected chi connectivity index (χ3v) is 3.49. The van der Waals surface area contributed by atoms with Crippen LogP contribution < -0.4 is 5.73 Å². The summed E-state index contributed by atoms with van der Waals surface area (Å²) in [6.45, 7) is 2.92. The zero-order valence-electron chi connectivity index (χ0n) is 13.9. The molecule has 0 amide bonds. The average molecular weight is 390 g/mol. The molecular weight excluding hydrogens is 367 g/mol. The minimum absolute atomic E-state index is 0. The Morgan fingerprint density at radius 2 is 1.79 bits per heavy atom. The number of halogens is 3. The van der Waals surface area contributed by atoms with Crippen LogP contribution in [0.2, 0.25) is 0 Å². The van der Waals surface area contributed by atoms with Crippen molar-refractivity contribution >= 4 is 48.6 Å². The van der Waals surface area contributed by atoms with Crippen molar-refractivity contribution in [1.82, 2.24) is 14.3 Å². The number of nitrogens with two attached hydrogens (primary N) is 1. The van der Waals surface area contributed by atoms with Crippen LogP contribution in [0.5, 0.6) is 0 Å². The number of fused-ring (bicyclic) bond motifs is 1. The van der Waals surface area contributed by atoms with Crippen molar-refractivity contribution < 1.29 is 0 Å². The summed E-state index contributed by atoms with van der Waals surface area (Å²) < 4.78 is 2.17. The van der Waals surface area contributed by atoms with Gasteiger partial charge in [0, 0.05) is 24.0 Å². The number of rotatable bonds is 3. The van der Waals surface area contributed by atoms with Gasteiger partial charge in [-0.2, -0.15) is 0 Å². The number of imidazole rings is 1. The molecule has 0 unspecified atom stereocenters. The van der Waals surface area contributed by atoms with E-state index in [1.54, 1.807) is 0 Å². The first-order chi connectivity index (χ1) is 10.0. The van der Waals surface area contributed by atoms with E-state index >= 15 is 0 Å². The molecule has 2 N–H and O–H groups in total. The van der Waals surface area contributed by atoms with E-state index in [2.05, 4.69) is 54.7 Å². The van der Waals surface area contributed by atoms with Crippen LogP contribution in [0.15, 0.2) is 42.6 Å². The highest BCUT2D eigenvalue weighted by atomic mass is 35.5. The van der Waals surface area contributed by atoms with Crippen LogP contribution in [0.4, 0.5) is 5.69 Å². The molecule has 2 aromatic heterocycles. The fourth-order valence-electron chi connectivity index (χ4n) is 2.57. The summed E-state index contributed by atoms with van der Waals surface area (Å²) >= 11 is 0. The molecular formula is C17H23Cl3N4. The van der Waals surface area contributed by atoms with Gasteiger partial charge in [0.1, 0.15) is 5.65 Å². The normalized spacial score (nSPS) is 10.0. The van der Waals surface area contributed by atoms with Gasteiger partial charge in [-0.3, -0.25) is 0 Å². The van der Waals surface area contributed by atoms with E-state index in [1.807, 2.05) is 18.2 Å². The van der Waals surface area contributed by atoms with E-state index in [1.165, 1.54) is 11.3 Å². The van der Waals surface area contributed by atoms with Crippen molar-refractivity contribution in [3.63, 3.8) is 0 Å². The first-order valence-electron chi connectivity index (χ1n) is 7.03. The number of aromatic nitrogens is 2. The number of benzene rings is 1. The van der Waals surface area contributed by atoms with Gasteiger partial charge in [0.25, 0.3) is 0 Å². The molecule has 3 aromatic rings. The van der Waals surface area contributed by atoms with Crippen molar-refractivity contribution in [2.45, 2.75) is 13.5 Å². The minimum Gasteiger partial charge on any atom is -0.399 e. The van der Waals surface area contributed by atoms with Gasteiger partial charge < -0.3 is 15.0 Å². The zero-order chi connectivity index (χ0) is 15.0. The third kappa shape index (κ3) is 4.54. The molecule has 0 spiro atoms. The summed E-state index contributed by atoms with van der Waals surface area (Å²) in [5.41, 5.74) is 12.1. The number of anilines is 1. The molecule has 3 rings (SSSR count). The smallest absolute Gasteiger partial charge is 0.137 e. The van der Waals surface area contributed by atoms with Crippen LogP contribution in [0, 0.1) is 6.92 Å². The molecule has 0 fully saturated rings. The summed E-state index contributed by atoms with van der Waals surface area (Å²) in [4.78, 5) is 6.95. The van der Waals surface area contributed by atoms with Crippen molar-refractivity contribution in [2.24, 2.45) is 0 Å². The van der Waals surface area contributed by atoms with Gasteiger partial charge in [0.15, 0.2) is 0 Å². The molecule has 0 bridgehead atoms. The molecule has 0 saturated heterocycles. The standard InChI is InChI=1S/C17H20N4.3ClH/c1-12-7-8-16-19-17(13-5-4-6-14(18)9-13)15(11-20(2)3)21(16)10-12;;;/h4-10H,11,18H2,1-3H3;3*1H.